The molecule has 0 aliphatic carbocycles. The molecule has 2 saturated heterocycles. The monoisotopic (exact) mass is 388 g/mol. The van der Waals surface area contributed by atoms with Crippen molar-refractivity contribution in [3.05, 3.63) is 28.8 Å². The average molecular weight is 389 g/mol. The second kappa shape index (κ2) is 9.33. The van der Waals surface area contributed by atoms with Gasteiger partial charge in [-0.1, -0.05) is 53.7 Å². The lowest BCUT2D eigenvalue weighted by Gasteiger charge is -2.36. The molecule has 2 aliphatic rings. The predicted molar refractivity (Wildman–Crippen MR) is 120 cm³/mol. The Hall–Kier alpha value is -0.510. The van der Waals surface area contributed by atoms with Crippen molar-refractivity contribution in [2.45, 2.75) is 95.9 Å². The van der Waals surface area contributed by atoms with Crippen LogP contribution in [0.1, 0.15) is 102 Å². The van der Waals surface area contributed by atoms with Crippen LogP contribution in [0, 0.1) is 0 Å². The quantitative estimate of drug-likeness (QED) is 0.505. The second-order valence-electron chi connectivity index (χ2n) is 9.49. The zero-order valence-electron chi connectivity index (χ0n) is 18.4. The minimum Gasteiger partial charge on any atom is -0.300 e. The molecule has 2 nitrogen and oxygen atoms in total. The van der Waals surface area contributed by atoms with E-state index in [2.05, 4.69) is 74.8 Å². The Bertz CT molecular complexity index is 580. The Labute approximate surface area is 172 Å². The van der Waals surface area contributed by atoms with Gasteiger partial charge in [-0.25, -0.2) is 4.31 Å². The molecule has 3 rings (SSSR count). The maximum Gasteiger partial charge on any atom is 0.0299 e. The lowest BCUT2D eigenvalue weighted by atomic mass is 9.89. The molecular weight excluding hydrogens is 348 g/mol. The van der Waals surface area contributed by atoms with Crippen molar-refractivity contribution in [3.63, 3.8) is 0 Å². The smallest absolute Gasteiger partial charge is 0.0299 e. The lowest BCUT2D eigenvalue weighted by Crippen LogP contribution is -2.41. The van der Waals surface area contributed by atoms with Gasteiger partial charge in [-0.15, -0.1) is 0 Å². The third kappa shape index (κ3) is 5.10. The number of likely N-dealkylation sites (tertiary alicyclic amines) is 1. The van der Waals surface area contributed by atoms with E-state index in [1.807, 2.05) is 0 Å². The zero-order valence-corrected chi connectivity index (χ0v) is 19.2. The van der Waals surface area contributed by atoms with E-state index in [0.717, 1.165) is 6.04 Å². The fourth-order valence-corrected chi connectivity index (χ4v) is 5.98. The number of benzene rings is 1. The first-order valence-electron chi connectivity index (χ1n) is 11.2. The molecule has 0 amide bonds. The van der Waals surface area contributed by atoms with Crippen molar-refractivity contribution in [3.8, 4) is 0 Å². The largest absolute Gasteiger partial charge is 0.300 e. The Morgan fingerprint density at radius 2 is 1.30 bits per heavy atom. The summed E-state index contributed by atoms with van der Waals surface area (Å²) in [4.78, 5) is 4.29. The van der Waals surface area contributed by atoms with E-state index in [-0.39, 0.29) is 0 Å². The van der Waals surface area contributed by atoms with Crippen LogP contribution < -0.4 is 0 Å². The standard InChI is InChI=1S/C24H40N2S/c1-17(2)20-15-22(18(3)4)24(23(16-20)19(5)6)27-26-13-9-21(10-14-26)25-11-7-8-12-25/h15-19,21H,7-14H2,1-6H3. The van der Waals surface area contributed by atoms with Gasteiger partial charge in [-0.2, -0.15) is 0 Å². The number of hydrogen-bond donors (Lipinski definition) is 0. The van der Waals surface area contributed by atoms with E-state index < -0.39 is 0 Å². The van der Waals surface area contributed by atoms with E-state index >= 15 is 0 Å². The first-order valence-corrected chi connectivity index (χ1v) is 12.0. The first kappa shape index (κ1) is 21.2. The van der Waals surface area contributed by atoms with Crippen LogP contribution in [0.25, 0.3) is 0 Å². The Morgan fingerprint density at radius 3 is 1.74 bits per heavy atom. The van der Waals surface area contributed by atoms with Crippen LogP contribution in [0.2, 0.25) is 0 Å². The fraction of sp³-hybridized carbons (Fsp3) is 0.750. The topological polar surface area (TPSA) is 6.48 Å². The molecule has 3 heteroatoms. The summed E-state index contributed by atoms with van der Waals surface area (Å²) in [6, 6.07) is 5.81. The molecule has 0 saturated carbocycles. The Balaban J connectivity index is 1.77. The molecule has 2 aliphatic heterocycles. The number of nitrogens with zero attached hydrogens (tertiary/aromatic N) is 2. The maximum atomic E-state index is 2.75. The highest BCUT2D eigenvalue weighted by Gasteiger charge is 2.28. The van der Waals surface area contributed by atoms with Crippen molar-refractivity contribution < 1.29 is 0 Å². The summed E-state index contributed by atoms with van der Waals surface area (Å²) in [6.45, 7) is 19.2. The van der Waals surface area contributed by atoms with Crippen LogP contribution in [0.3, 0.4) is 0 Å². The molecule has 0 atom stereocenters. The summed E-state index contributed by atoms with van der Waals surface area (Å²) < 4.78 is 2.65. The van der Waals surface area contributed by atoms with Gasteiger partial charge in [0, 0.05) is 24.0 Å². The van der Waals surface area contributed by atoms with Crippen molar-refractivity contribution in [2.75, 3.05) is 26.2 Å². The normalized spacial score (nSPS) is 20.5. The molecule has 0 bridgehead atoms. The van der Waals surface area contributed by atoms with Crippen LogP contribution in [0.4, 0.5) is 0 Å². The minimum atomic E-state index is 0.575. The number of rotatable bonds is 6. The average Bonchev–Trinajstić information content (AvgIpc) is 3.16. The SMILES string of the molecule is CC(C)c1cc(C(C)C)c(SN2CCC(N3CCCC3)CC2)c(C(C)C)c1. The summed E-state index contributed by atoms with van der Waals surface area (Å²) in [7, 11) is 0. The summed E-state index contributed by atoms with van der Waals surface area (Å²) in [5.41, 5.74) is 4.60. The molecule has 1 aromatic rings. The first-order chi connectivity index (χ1) is 12.9. The van der Waals surface area contributed by atoms with Gasteiger partial charge in [0.15, 0.2) is 0 Å². The van der Waals surface area contributed by atoms with Crippen LogP contribution in [-0.2, 0) is 0 Å². The van der Waals surface area contributed by atoms with Crippen molar-refractivity contribution in [1.29, 1.82) is 0 Å². The summed E-state index contributed by atoms with van der Waals surface area (Å²) in [6.07, 6.45) is 5.50. The maximum absolute atomic E-state index is 2.75. The van der Waals surface area contributed by atoms with Crippen LogP contribution in [-0.4, -0.2) is 41.4 Å². The van der Waals surface area contributed by atoms with Gasteiger partial charge in [0.1, 0.15) is 0 Å². The predicted octanol–water partition coefficient (Wildman–Crippen LogP) is 6.62. The number of hydrogen-bond acceptors (Lipinski definition) is 3. The Kier molecular flexibility index (Phi) is 7.32. The number of piperidine rings is 1. The summed E-state index contributed by atoms with van der Waals surface area (Å²) >= 11 is 2.05. The molecule has 0 unspecified atom stereocenters. The van der Waals surface area contributed by atoms with E-state index in [0.29, 0.717) is 17.8 Å². The third-order valence-corrected chi connectivity index (χ3v) is 7.66. The molecule has 27 heavy (non-hydrogen) atoms. The van der Waals surface area contributed by atoms with Crippen LogP contribution in [0.15, 0.2) is 17.0 Å². The van der Waals surface area contributed by atoms with Crippen molar-refractivity contribution in [1.82, 2.24) is 9.21 Å². The molecule has 2 fully saturated rings. The molecule has 0 N–H and O–H groups in total. The molecule has 0 radical (unpaired) electrons. The fourth-order valence-electron chi connectivity index (χ4n) is 4.53. The lowest BCUT2D eigenvalue weighted by molar-refractivity contribution is 0.172. The molecule has 1 aromatic carbocycles. The molecule has 152 valence electrons. The summed E-state index contributed by atoms with van der Waals surface area (Å²) in [5.74, 6) is 1.74. The second-order valence-corrected chi connectivity index (χ2v) is 10.6. The van der Waals surface area contributed by atoms with Crippen molar-refractivity contribution in [2.24, 2.45) is 0 Å². The minimum absolute atomic E-state index is 0.575. The highest BCUT2D eigenvalue weighted by Crippen LogP contribution is 2.40. The van der Waals surface area contributed by atoms with E-state index in [1.165, 1.54) is 57.4 Å². The Morgan fingerprint density at radius 1 is 0.778 bits per heavy atom. The van der Waals surface area contributed by atoms with E-state index in [9.17, 15) is 0 Å². The van der Waals surface area contributed by atoms with Gasteiger partial charge in [-0.3, -0.25) is 0 Å². The highest BCUT2D eigenvalue weighted by molar-refractivity contribution is 7.97. The molecule has 0 spiro atoms. The highest BCUT2D eigenvalue weighted by atomic mass is 32.2. The summed E-state index contributed by atoms with van der Waals surface area (Å²) in [5, 5.41) is 0. The van der Waals surface area contributed by atoms with Gasteiger partial charge in [0.25, 0.3) is 0 Å². The molecule has 0 aromatic heterocycles. The van der Waals surface area contributed by atoms with Gasteiger partial charge in [0.05, 0.1) is 0 Å². The molecule has 2 heterocycles. The molecular formula is C24H40N2S. The van der Waals surface area contributed by atoms with E-state index in [4.69, 9.17) is 0 Å². The van der Waals surface area contributed by atoms with Gasteiger partial charge < -0.3 is 4.90 Å². The van der Waals surface area contributed by atoms with Gasteiger partial charge >= 0.3 is 0 Å². The van der Waals surface area contributed by atoms with Gasteiger partial charge in [0.2, 0.25) is 0 Å². The van der Waals surface area contributed by atoms with E-state index in [1.54, 1.807) is 16.0 Å². The van der Waals surface area contributed by atoms with Crippen molar-refractivity contribution >= 4 is 11.9 Å². The third-order valence-electron chi connectivity index (χ3n) is 6.38. The van der Waals surface area contributed by atoms with Crippen LogP contribution >= 0.6 is 11.9 Å². The zero-order chi connectivity index (χ0) is 19.6. The van der Waals surface area contributed by atoms with Crippen LogP contribution in [0.5, 0.6) is 0 Å². The van der Waals surface area contributed by atoms with Gasteiger partial charge in [-0.05, 0) is 85.2 Å².